The molecule has 0 unspecified atom stereocenters. The summed E-state index contributed by atoms with van der Waals surface area (Å²) in [6.45, 7) is 1.72. The van der Waals surface area contributed by atoms with Crippen molar-refractivity contribution in [2.75, 3.05) is 11.9 Å². The molecule has 0 aliphatic rings. The van der Waals surface area contributed by atoms with E-state index in [1.807, 2.05) is 19.1 Å². The second-order valence-corrected chi connectivity index (χ2v) is 7.39. The van der Waals surface area contributed by atoms with Gasteiger partial charge in [0.2, 0.25) is 0 Å². The van der Waals surface area contributed by atoms with E-state index in [0.717, 1.165) is 5.56 Å². The highest BCUT2D eigenvalue weighted by Gasteiger charge is 2.09. The highest BCUT2D eigenvalue weighted by Crippen LogP contribution is 2.25. The molecule has 3 rings (SSSR count). The van der Waals surface area contributed by atoms with Crippen LogP contribution in [-0.2, 0) is 4.79 Å². The number of benzene rings is 3. The van der Waals surface area contributed by atoms with E-state index in [-0.39, 0.29) is 18.4 Å². The van der Waals surface area contributed by atoms with Crippen molar-refractivity contribution in [1.29, 1.82) is 0 Å². The fourth-order valence-corrected chi connectivity index (χ4v) is 2.97. The molecule has 3 aromatic carbocycles. The van der Waals surface area contributed by atoms with Gasteiger partial charge in [0.25, 0.3) is 11.8 Å². The summed E-state index contributed by atoms with van der Waals surface area (Å²) in [4.78, 5) is 24.1. The Morgan fingerprint density at radius 3 is 2.45 bits per heavy atom. The zero-order valence-electron chi connectivity index (χ0n) is 16.6. The number of ether oxygens (including phenoxy) is 1. The highest BCUT2D eigenvalue weighted by molar-refractivity contribution is 6.33. The zero-order valence-corrected chi connectivity index (χ0v) is 18.1. The molecule has 2 amide bonds. The Balaban J connectivity index is 1.52. The van der Waals surface area contributed by atoms with Crippen LogP contribution in [0, 0.1) is 6.92 Å². The first-order valence-corrected chi connectivity index (χ1v) is 10.0. The van der Waals surface area contributed by atoms with Crippen LogP contribution in [0.15, 0.2) is 71.8 Å². The lowest BCUT2D eigenvalue weighted by atomic mass is 10.1. The predicted molar refractivity (Wildman–Crippen MR) is 123 cm³/mol. The molecule has 0 radical (unpaired) electrons. The quantitative estimate of drug-likeness (QED) is 0.384. The first-order chi connectivity index (χ1) is 14.9. The summed E-state index contributed by atoms with van der Waals surface area (Å²) in [5.41, 5.74) is 5.20. The average molecular weight is 456 g/mol. The number of anilines is 1. The van der Waals surface area contributed by atoms with Crippen LogP contribution in [0.2, 0.25) is 10.0 Å². The van der Waals surface area contributed by atoms with E-state index in [0.29, 0.717) is 32.6 Å². The van der Waals surface area contributed by atoms with Crippen LogP contribution < -0.4 is 15.5 Å². The van der Waals surface area contributed by atoms with Gasteiger partial charge in [0.1, 0.15) is 5.75 Å². The molecule has 0 saturated heterocycles. The van der Waals surface area contributed by atoms with E-state index in [1.54, 1.807) is 54.6 Å². The third-order valence-corrected chi connectivity index (χ3v) is 4.78. The number of amides is 2. The molecule has 0 aliphatic carbocycles. The number of aryl methyl sites for hydroxylation is 1. The molecule has 0 spiro atoms. The Morgan fingerprint density at radius 1 is 1.00 bits per heavy atom. The van der Waals surface area contributed by atoms with Crippen LogP contribution in [0.4, 0.5) is 5.69 Å². The number of nitrogens with one attached hydrogen (secondary N) is 2. The SMILES string of the molecule is Cc1ccc(C(=O)N/N=C/c2ccc(OCC(=O)Nc3ccccc3Cl)c(Cl)c2)cc1. The lowest BCUT2D eigenvalue weighted by Crippen LogP contribution is -2.20. The minimum atomic E-state index is -0.367. The predicted octanol–water partition coefficient (Wildman–Crippen LogP) is 5.08. The summed E-state index contributed by atoms with van der Waals surface area (Å²) < 4.78 is 5.47. The molecule has 8 heteroatoms. The topological polar surface area (TPSA) is 79.8 Å². The van der Waals surface area contributed by atoms with E-state index >= 15 is 0 Å². The van der Waals surface area contributed by atoms with Gasteiger partial charge in [-0.2, -0.15) is 5.10 Å². The van der Waals surface area contributed by atoms with Crippen molar-refractivity contribution >= 4 is 46.9 Å². The smallest absolute Gasteiger partial charge is 0.271 e. The van der Waals surface area contributed by atoms with Gasteiger partial charge < -0.3 is 10.1 Å². The Hall–Kier alpha value is -3.35. The summed E-state index contributed by atoms with van der Waals surface area (Å²) in [5, 5.41) is 7.35. The number of hydrogen-bond acceptors (Lipinski definition) is 4. The third kappa shape index (κ3) is 6.57. The summed E-state index contributed by atoms with van der Waals surface area (Å²) in [5.74, 6) is -0.336. The summed E-state index contributed by atoms with van der Waals surface area (Å²) in [6.07, 6.45) is 1.46. The van der Waals surface area contributed by atoms with Crippen molar-refractivity contribution in [3.05, 3.63) is 93.5 Å². The van der Waals surface area contributed by atoms with Crippen LogP contribution in [0.25, 0.3) is 0 Å². The van der Waals surface area contributed by atoms with Gasteiger partial charge in [0.05, 0.1) is 21.9 Å². The molecule has 0 heterocycles. The van der Waals surface area contributed by atoms with Crippen LogP contribution >= 0.6 is 23.2 Å². The monoisotopic (exact) mass is 455 g/mol. The Kier molecular flexibility index (Phi) is 7.65. The van der Waals surface area contributed by atoms with Gasteiger partial charge in [-0.3, -0.25) is 9.59 Å². The third-order valence-electron chi connectivity index (χ3n) is 4.16. The Labute approximate surface area is 189 Å². The standard InChI is InChI=1S/C23H19Cl2N3O3/c1-15-6-9-17(10-7-15)23(30)28-26-13-16-8-11-21(19(25)12-16)31-14-22(29)27-20-5-3-2-4-18(20)24/h2-13H,14H2,1H3,(H,27,29)(H,28,30)/b26-13+. The fraction of sp³-hybridized carbons (Fsp3) is 0.0870. The largest absolute Gasteiger partial charge is 0.482 e. The van der Waals surface area contributed by atoms with Gasteiger partial charge in [-0.1, -0.05) is 53.0 Å². The molecule has 6 nitrogen and oxygen atoms in total. The van der Waals surface area contributed by atoms with E-state index in [1.165, 1.54) is 6.21 Å². The molecule has 0 aliphatic heterocycles. The van der Waals surface area contributed by atoms with E-state index in [9.17, 15) is 9.59 Å². The van der Waals surface area contributed by atoms with Crippen LogP contribution in [0.3, 0.4) is 0 Å². The van der Waals surface area contributed by atoms with Gasteiger partial charge in [-0.25, -0.2) is 5.43 Å². The molecule has 3 aromatic rings. The number of halogens is 2. The minimum absolute atomic E-state index is 0.231. The maximum absolute atomic E-state index is 12.1. The van der Waals surface area contributed by atoms with Crippen molar-refractivity contribution in [3.8, 4) is 5.75 Å². The molecule has 0 atom stereocenters. The number of hydrazone groups is 1. The minimum Gasteiger partial charge on any atom is -0.482 e. The van der Waals surface area contributed by atoms with Crippen molar-refractivity contribution in [2.45, 2.75) is 6.92 Å². The van der Waals surface area contributed by atoms with Gasteiger partial charge in [0, 0.05) is 5.56 Å². The zero-order chi connectivity index (χ0) is 22.2. The van der Waals surface area contributed by atoms with E-state index < -0.39 is 0 Å². The second kappa shape index (κ2) is 10.6. The maximum Gasteiger partial charge on any atom is 0.271 e. The van der Waals surface area contributed by atoms with E-state index in [4.69, 9.17) is 27.9 Å². The van der Waals surface area contributed by atoms with Crippen LogP contribution in [-0.4, -0.2) is 24.6 Å². The summed E-state index contributed by atoms with van der Waals surface area (Å²) >= 11 is 12.2. The number of carbonyl (C=O) groups is 2. The number of nitrogens with zero attached hydrogens (tertiary/aromatic N) is 1. The van der Waals surface area contributed by atoms with Gasteiger partial charge in [-0.05, 0) is 55.0 Å². The lowest BCUT2D eigenvalue weighted by molar-refractivity contribution is -0.118. The molecular formula is C23H19Cl2N3O3. The van der Waals surface area contributed by atoms with Crippen LogP contribution in [0.1, 0.15) is 21.5 Å². The summed E-state index contributed by atoms with van der Waals surface area (Å²) in [7, 11) is 0. The lowest BCUT2D eigenvalue weighted by Gasteiger charge is -2.10. The molecule has 0 bridgehead atoms. The van der Waals surface area contributed by atoms with Gasteiger partial charge in [-0.15, -0.1) is 0 Å². The number of rotatable bonds is 7. The normalized spacial score (nSPS) is 10.7. The average Bonchev–Trinajstić information content (AvgIpc) is 2.75. The number of carbonyl (C=O) groups excluding carboxylic acids is 2. The molecule has 0 fully saturated rings. The first kappa shape index (κ1) is 22.3. The molecule has 158 valence electrons. The van der Waals surface area contributed by atoms with Crippen molar-refractivity contribution in [1.82, 2.24) is 5.43 Å². The fourth-order valence-electron chi connectivity index (χ4n) is 2.54. The van der Waals surface area contributed by atoms with Gasteiger partial charge in [0.15, 0.2) is 6.61 Å². The van der Waals surface area contributed by atoms with Crippen molar-refractivity contribution < 1.29 is 14.3 Å². The second-order valence-electron chi connectivity index (χ2n) is 6.57. The molecule has 2 N–H and O–H groups in total. The van der Waals surface area contributed by atoms with Crippen LogP contribution in [0.5, 0.6) is 5.75 Å². The molecule has 31 heavy (non-hydrogen) atoms. The molecule has 0 saturated carbocycles. The number of hydrogen-bond donors (Lipinski definition) is 2. The molecule has 0 aromatic heterocycles. The number of para-hydroxylation sites is 1. The highest BCUT2D eigenvalue weighted by atomic mass is 35.5. The van der Waals surface area contributed by atoms with Crippen molar-refractivity contribution in [2.24, 2.45) is 5.10 Å². The first-order valence-electron chi connectivity index (χ1n) is 9.29. The Bertz CT molecular complexity index is 1120. The Morgan fingerprint density at radius 2 is 1.74 bits per heavy atom. The summed E-state index contributed by atoms with van der Waals surface area (Å²) in [6, 6.07) is 19.0. The van der Waals surface area contributed by atoms with E-state index in [2.05, 4.69) is 15.8 Å². The van der Waals surface area contributed by atoms with Crippen molar-refractivity contribution in [3.63, 3.8) is 0 Å². The maximum atomic E-state index is 12.1. The van der Waals surface area contributed by atoms with Gasteiger partial charge >= 0.3 is 0 Å². The molecular weight excluding hydrogens is 437 g/mol.